The smallest absolute Gasteiger partial charge is 0.158 e. The lowest BCUT2D eigenvalue weighted by Crippen LogP contribution is -2.22. The van der Waals surface area contributed by atoms with E-state index >= 15 is 0 Å². The molecular formula is C14H14Cl2OS2. The first-order valence-electron chi connectivity index (χ1n) is 5.87. The Morgan fingerprint density at radius 2 is 1.95 bits per heavy atom. The summed E-state index contributed by atoms with van der Waals surface area (Å²) in [6.45, 7) is 4.18. The van der Waals surface area contributed by atoms with Gasteiger partial charge in [0, 0.05) is 37.3 Å². The monoisotopic (exact) mass is 332 g/mol. The molecule has 0 saturated heterocycles. The number of thioether (sulfide) groups is 2. The molecule has 0 aliphatic carbocycles. The molecule has 1 nitrogen and oxygen atoms in total. The van der Waals surface area contributed by atoms with E-state index in [4.69, 9.17) is 23.2 Å². The first kappa shape index (κ1) is 15.3. The van der Waals surface area contributed by atoms with Crippen molar-refractivity contribution < 1.29 is 4.79 Å². The molecule has 0 atom stereocenters. The zero-order valence-corrected chi connectivity index (χ0v) is 13.8. The SMILES string of the molecule is CC1(C)CC(=O)C=C(SCc2c(Cl)cccc2Cl)S1. The molecule has 0 fully saturated rings. The van der Waals surface area contributed by atoms with Gasteiger partial charge in [-0.1, -0.05) is 29.3 Å². The maximum absolute atomic E-state index is 11.7. The number of allylic oxidation sites excluding steroid dienone is 1. The average molecular weight is 333 g/mol. The zero-order chi connectivity index (χ0) is 14.0. The molecule has 1 aromatic carbocycles. The molecule has 0 amide bonds. The van der Waals surface area contributed by atoms with Crippen LogP contribution in [-0.2, 0) is 10.5 Å². The van der Waals surface area contributed by atoms with Crippen molar-refractivity contribution in [2.24, 2.45) is 0 Å². The van der Waals surface area contributed by atoms with Crippen molar-refractivity contribution in [2.75, 3.05) is 0 Å². The highest BCUT2D eigenvalue weighted by Gasteiger charge is 2.28. The molecule has 0 unspecified atom stereocenters. The topological polar surface area (TPSA) is 17.1 Å². The third kappa shape index (κ3) is 4.19. The van der Waals surface area contributed by atoms with E-state index < -0.39 is 0 Å². The van der Waals surface area contributed by atoms with Crippen LogP contribution in [0.25, 0.3) is 0 Å². The fourth-order valence-corrected chi connectivity index (χ4v) is 5.37. The van der Waals surface area contributed by atoms with E-state index in [-0.39, 0.29) is 10.5 Å². The summed E-state index contributed by atoms with van der Waals surface area (Å²) in [4.78, 5) is 11.7. The highest BCUT2D eigenvalue weighted by Crippen LogP contribution is 2.45. The lowest BCUT2D eigenvalue weighted by molar-refractivity contribution is -0.115. The number of ketones is 1. The van der Waals surface area contributed by atoms with Gasteiger partial charge in [-0.2, -0.15) is 0 Å². The molecule has 19 heavy (non-hydrogen) atoms. The normalized spacial score (nSPS) is 18.3. The summed E-state index contributed by atoms with van der Waals surface area (Å²) in [5.74, 6) is 0.872. The molecule has 1 aromatic rings. The van der Waals surface area contributed by atoms with Crippen LogP contribution in [0.5, 0.6) is 0 Å². The molecule has 2 rings (SSSR count). The number of rotatable bonds is 3. The van der Waals surface area contributed by atoms with Crippen molar-refractivity contribution in [3.63, 3.8) is 0 Å². The van der Waals surface area contributed by atoms with Gasteiger partial charge in [-0.3, -0.25) is 4.79 Å². The van der Waals surface area contributed by atoms with E-state index in [0.717, 1.165) is 9.80 Å². The van der Waals surface area contributed by atoms with E-state index in [1.807, 2.05) is 18.2 Å². The fourth-order valence-electron chi connectivity index (χ4n) is 1.82. The highest BCUT2D eigenvalue weighted by atomic mass is 35.5. The quantitative estimate of drug-likeness (QED) is 0.721. The van der Waals surface area contributed by atoms with Crippen molar-refractivity contribution in [3.8, 4) is 0 Å². The zero-order valence-electron chi connectivity index (χ0n) is 10.7. The highest BCUT2D eigenvalue weighted by molar-refractivity contribution is 8.22. The number of hydrogen-bond acceptors (Lipinski definition) is 3. The Bertz CT molecular complexity index is 518. The van der Waals surface area contributed by atoms with Crippen molar-refractivity contribution in [3.05, 3.63) is 44.1 Å². The molecular weight excluding hydrogens is 319 g/mol. The first-order chi connectivity index (χ1) is 8.87. The van der Waals surface area contributed by atoms with Gasteiger partial charge in [-0.05, 0) is 31.5 Å². The van der Waals surface area contributed by atoms with Gasteiger partial charge in [-0.15, -0.1) is 23.5 Å². The Kier molecular flexibility index (Phi) is 4.93. The van der Waals surface area contributed by atoms with E-state index in [9.17, 15) is 4.79 Å². The van der Waals surface area contributed by atoms with E-state index in [0.29, 0.717) is 22.2 Å². The predicted octanol–water partition coefficient (Wildman–Crippen LogP) is 5.55. The molecule has 1 aliphatic heterocycles. The van der Waals surface area contributed by atoms with Gasteiger partial charge in [0.1, 0.15) is 0 Å². The molecule has 0 saturated carbocycles. The van der Waals surface area contributed by atoms with Crippen LogP contribution < -0.4 is 0 Å². The lowest BCUT2D eigenvalue weighted by Gasteiger charge is -2.27. The molecule has 0 aromatic heterocycles. The maximum atomic E-state index is 11.7. The predicted molar refractivity (Wildman–Crippen MR) is 87.1 cm³/mol. The number of halogens is 2. The molecule has 0 N–H and O–H groups in total. The number of carbonyl (C=O) groups is 1. The van der Waals surface area contributed by atoms with Crippen molar-refractivity contribution >= 4 is 52.5 Å². The van der Waals surface area contributed by atoms with Gasteiger partial charge in [0.25, 0.3) is 0 Å². The standard InChI is InChI=1S/C14H14Cl2OS2/c1-14(2)7-9(17)6-13(19-14)18-8-10-11(15)4-3-5-12(10)16/h3-6H,7-8H2,1-2H3. The fraction of sp³-hybridized carbons (Fsp3) is 0.357. The van der Waals surface area contributed by atoms with Gasteiger partial charge in [-0.25, -0.2) is 0 Å². The van der Waals surface area contributed by atoms with E-state index in [2.05, 4.69) is 13.8 Å². The van der Waals surface area contributed by atoms with Crippen LogP contribution in [0.1, 0.15) is 25.8 Å². The average Bonchev–Trinajstić information content (AvgIpc) is 2.25. The van der Waals surface area contributed by atoms with E-state index in [1.165, 1.54) is 0 Å². The summed E-state index contributed by atoms with van der Waals surface area (Å²) in [5.41, 5.74) is 0.924. The van der Waals surface area contributed by atoms with Crippen LogP contribution >= 0.6 is 46.7 Å². The van der Waals surface area contributed by atoms with Gasteiger partial charge >= 0.3 is 0 Å². The molecule has 0 spiro atoms. The lowest BCUT2D eigenvalue weighted by atomic mass is 10.1. The Balaban J connectivity index is 2.09. The number of hydrogen-bond donors (Lipinski definition) is 0. The van der Waals surface area contributed by atoms with Gasteiger partial charge < -0.3 is 0 Å². The molecule has 102 valence electrons. The third-order valence-electron chi connectivity index (χ3n) is 2.68. The Morgan fingerprint density at radius 1 is 1.32 bits per heavy atom. The molecule has 1 heterocycles. The summed E-state index contributed by atoms with van der Waals surface area (Å²) in [6.07, 6.45) is 2.32. The summed E-state index contributed by atoms with van der Waals surface area (Å²) in [6, 6.07) is 5.50. The molecule has 0 radical (unpaired) electrons. The minimum atomic E-state index is -0.0293. The van der Waals surface area contributed by atoms with Crippen LogP contribution in [0.3, 0.4) is 0 Å². The van der Waals surface area contributed by atoms with Crippen LogP contribution in [0.15, 0.2) is 28.5 Å². The second-order valence-electron chi connectivity index (χ2n) is 4.96. The summed E-state index contributed by atoms with van der Waals surface area (Å²) in [7, 11) is 0. The minimum Gasteiger partial charge on any atom is -0.295 e. The number of carbonyl (C=O) groups excluding carboxylic acids is 1. The van der Waals surface area contributed by atoms with Gasteiger partial charge in [0.05, 0.1) is 0 Å². The van der Waals surface area contributed by atoms with Crippen molar-refractivity contribution in [1.29, 1.82) is 0 Å². The summed E-state index contributed by atoms with van der Waals surface area (Å²) < 4.78 is 1.01. The van der Waals surface area contributed by atoms with Crippen LogP contribution in [0.2, 0.25) is 10.0 Å². The van der Waals surface area contributed by atoms with Crippen LogP contribution in [0, 0.1) is 0 Å². The first-order valence-corrected chi connectivity index (χ1v) is 8.42. The van der Waals surface area contributed by atoms with Crippen LogP contribution in [-0.4, -0.2) is 10.5 Å². The van der Waals surface area contributed by atoms with Crippen molar-refractivity contribution in [1.82, 2.24) is 0 Å². The Hall–Kier alpha value is -0.0900. The Labute approximate surface area is 132 Å². The van der Waals surface area contributed by atoms with E-state index in [1.54, 1.807) is 29.6 Å². The minimum absolute atomic E-state index is 0.0293. The largest absolute Gasteiger partial charge is 0.295 e. The van der Waals surface area contributed by atoms with Gasteiger partial charge in [0.15, 0.2) is 5.78 Å². The summed E-state index contributed by atoms with van der Waals surface area (Å²) >= 11 is 15.6. The van der Waals surface area contributed by atoms with Gasteiger partial charge in [0.2, 0.25) is 0 Å². The summed E-state index contributed by atoms with van der Waals surface area (Å²) in [5, 5.41) is 1.35. The molecule has 5 heteroatoms. The second kappa shape index (κ2) is 6.13. The van der Waals surface area contributed by atoms with Crippen molar-refractivity contribution in [2.45, 2.75) is 30.8 Å². The second-order valence-corrected chi connectivity index (χ2v) is 8.80. The number of benzene rings is 1. The molecule has 0 bridgehead atoms. The Morgan fingerprint density at radius 3 is 2.53 bits per heavy atom. The third-order valence-corrected chi connectivity index (χ3v) is 5.84. The molecule has 1 aliphatic rings. The maximum Gasteiger partial charge on any atom is 0.158 e. The van der Waals surface area contributed by atoms with Crippen LogP contribution in [0.4, 0.5) is 0 Å².